The summed E-state index contributed by atoms with van der Waals surface area (Å²) in [5.74, 6) is 0.565. The Kier molecular flexibility index (Phi) is 4.41. The Hall–Kier alpha value is -2.29. The highest BCUT2D eigenvalue weighted by atomic mass is 16.2. The number of nitrogen functional groups attached to an aromatic ring is 1. The van der Waals surface area contributed by atoms with E-state index in [1.165, 1.54) is 6.42 Å². The molecule has 0 spiro atoms. The van der Waals surface area contributed by atoms with Crippen LogP contribution >= 0.6 is 0 Å². The Morgan fingerprint density at radius 2 is 2.15 bits per heavy atom. The smallest absolute Gasteiger partial charge is 0.244 e. The summed E-state index contributed by atoms with van der Waals surface area (Å²) in [6.45, 7) is 3.45. The number of nitriles is 1. The number of carbonyl (C=O) groups is 1. The largest absolute Gasteiger partial charge is 0.396 e. The number of hydrogen-bond acceptors (Lipinski definition) is 5. The van der Waals surface area contributed by atoms with Crippen molar-refractivity contribution in [1.29, 1.82) is 5.26 Å². The van der Waals surface area contributed by atoms with Gasteiger partial charge in [0, 0.05) is 13.1 Å². The van der Waals surface area contributed by atoms with E-state index >= 15 is 0 Å². The zero-order valence-electron chi connectivity index (χ0n) is 11.6. The minimum atomic E-state index is -0.365. The summed E-state index contributed by atoms with van der Waals surface area (Å²) in [6, 6.07) is 4.86. The molecule has 20 heavy (non-hydrogen) atoms. The summed E-state index contributed by atoms with van der Waals surface area (Å²) in [5, 5.41) is 11.9. The Morgan fingerprint density at radius 1 is 1.45 bits per heavy atom. The van der Waals surface area contributed by atoms with Gasteiger partial charge in [-0.3, -0.25) is 4.79 Å². The molecule has 1 fully saturated rings. The molecule has 6 nitrogen and oxygen atoms in total. The quantitative estimate of drug-likeness (QED) is 0.866. The molecule has 2 rings (SSSR count). The number of nitrogens with zero attached hydrogens (tertiary/aromatic N) is 3. The minimum Gasteiger partial charge on any atom is -0.396 e. The maximum atomic E-state index is 12.3. The maximum absolute atomic E-state index is 12.3. The van der Waals surface area contributed by atoms with Crippen LogP contribution in [0.4, 0.5) is 11.5 Å². The molecule has 0 aliphatic carbocycles. The lowest BCUT2D eigenvalue weighted by atomic mass is 10.1. The molecule has 1 saturated heterocycles. The van der Waals surface area contributed by atoms with Gasteiger partial charge < -0.3 is 16.0 Å². The van der Waals surface area contributed by atoms with Crippen LogP contribution in [0.2, 0.25) is 0 Å². The monoisotopic (exact) mass is 273 g/mol. The van der Waals surface area contributed by atoms with E-state index in [4.69, 9.17) is 11.0 Å². The van der Waals surface area contributed by atoms with E-state index < -0.39 is 0 Å². The van der Waals surface area contributed by atoms with Crippen LogP contribution < -0.4 is 11.1 Å². The van der Waals surface area contributed by atoms with Crippen LogP contribution in [-0.2, 0) is 4.79 Å². The van der Waals surface area contributed by atoms with E-state index in [-0.39, 0.29) is 17.6 Å². The Labute approximate surface area is 118 Å². The van der Waals surface area contributed by atoms with Gasteiger partial charge in [-0.05, 0) is 38.3 Å². The van der Waals surface area contributed by atoms with E-state index in [1.54, 1.807) is 19.1 Å². The molecule has 0 radical (unpaired) electrons. The molecular weight excluding hydrogens is 254 g/mol. The summed E-state index contributed by atoms with van der Waals surface area (Å²) in [5.41, 5.74) is 6.13. The SMILES string of the molecule is CC(Nc1ccc(N)c(C#N)n1)C(=O)N1CCCCC1. The molecule has 106 valence electrons. The van der Waals surface area contributed by atoms with Gasteiger partial charge in [-0.25, -0.2) is 4.98 Å². The van der Waals surface area contributed by atoms with E-state index in [9.17, 15) is 4.79 Å². The van der Waals surface area contributed by atoms with Crippen LogP contribution in [0.1, 0.15) is 31.9 Å². The number of nitrogens with one attached hydrogen (secondary N) is 1. The van der Waals surface area contributed by atoms with Crippen LogP contribution in [0.3, 0.4) is 0 Å². The summed E-state index contributed by atoms with van der Waals surface area (Å²) in [7, 11) is 0. The minimum absolute atomic E-state index is 0.0711. The highest BCUT2D eigenvalue weighted by Gasteiger charge is 2.22. The lowest BCUT2D eigenvalue weighted by molar-refractivity contribution is -0.132. The van der Waals surface area contributed by atoms with Gasteiger partial charge in [-0.2, -0.15) is 5.26 Å². The van der Waals surface area contributed by atoms with Gasteiger partial charge in [-0.15, -0.1) is 0 Å². The molecule has 3 N–H and O–H groups in total. The molecule has 2 heterocycles. The van der Waals surface area contributed by atoms with Gasteiger partial charge in [0.15, 0.2) is 5.69 Å². The second kappa shape index (κ2) is 6.24. The van der Waals surface area contributed by atoms with Gasteiger partial charge >= 0.3 is 0 Å². The summed E-state index contributed by atoms with van der Waals surface area (Å²) < 4.78 is 0. The molecule has 1 aromatic rings. The molecule has 1 unspecified atom stereocenters. The maximum Gasteiger partial charge on any atom is 0.244 e. The first kappa shape index (κ1) is 14.1. The molecule has 1 atom stereocenters. The number of piperidine rings is 1. The van der Waals surface area contributed by atoms with Crippen molar-refractivity contribution in [3.8, 4) is 6.07 Å². The second-order valence-electron chi connectivity index (χ2n) is 5.00. The highest BCUT2D eigenvalue weighted by Crippen LogP contribution is 2.15. The number of amides is 1. The zero-order valence-corrected chi connectivity index (χ0v) is 11.6. The predicted molar refractivity (Wildman–Crippen MR) is 76.9 cm³/mol. The molecule has 6 heteroatoms. The lowest BCUT2D eigenvalue weighted by Crippen LogP contribution is -2.44. The van der Waals surface area contributed by atoms with Crippen molar-refractivity contribution in [1.82, 2.24) is 9.88 Å². The summed E-state index contributed by atoms with van der Waals surface area (Å²) in [6.07, 6.45) is 3.32. The van der Waals surface area contributed by atoms with Crippen molar-refractivity contribution >= 4 is 17.4 Å². The average molecular weight is 273 g/mol. The third-order valence-corrected chi connectivity index (χ3v) is 3.43. The van der Waals surface area contributed by atoms with Crippen LogP contribution in [0.15, 0.2) is 12.1 Å². The van der Waals surface area contributed by atoms with Crippen LogP contribution in [-0.4, -0.2) is 34.9 Å². The number of hydrogen-bond donors (Lipinski definition) is 2. The van der Waals surface area contributed by atoms with Crippen molar-refractivity contribution < 1.29 is 4.79 Å². The Bertz CT molecular complexity index is 531. The van der Waals surface area contributed by atoms with Crippen molar-refractivity contribution in [3.05, 3.63) is 17.8 Å². The fourth-order valence-electron chi connectivity index (χ4n) is 2.31. The number of nitrogens with two attached hydrogens (primary N) is 1. The fraction of sp³-hybridized carbons (Fsp3) is 0.500. The standard InChI is InChI=1S/C14H19N5O/c1-10(14(20)19-7-3-2-4-8-19)17-13-6-5-11(16)12(9-15)18-13/h5-6,10H,2-4,7-8,16H2,1H3,(H,17,18). The molecular formula is C14H19N5O. The Morgan fingerprint density at radius 3 is 2.80 bits per heavy atom. The predicted octanol–water partition coefficient (Wildman–Crippen LogP) is 1.35. The van der Waals surface area contributed by atoms with Crippen LogP contribution in [0, 0.1) is 11.3 Å². The second-order valence-corrected chi connectivity index (χ2v) is 5.00. The third-order valence-electron chi connectivity index (χ3n) is 3.43. The fourth-order valence-corrected chi connectivity index (χ4v) is 2.31. The number of anilines is 2. The van der Waals surface area contributed by atoms with E-state index in [1.807, 2.05) is 11.0 Å². The van der Waals surface area contributed by atoms with Crippen molar-refractivity contribution in [2.24, 2.45) is 0 Å². The van der Waals surface area contributed by atoms with Crippen LogP contribution in [0.25, 0.3) is 0 Å². The normalized spacial score (nSPS) is 16.3. The van der Waals surface area contributed by atoms with E-state index in [0.717, 1.165) is 25.9 Å². The number of rotatable bonds is 3. The number of carbonyl (C=O) groups excluding carboxylic acids is 1. The van der Waals surface area contributed by atoms with Gasteiger partial charge in [0.25, 0.3) is 0 Å². The summed E-state index contributed by atoms with van der Waals surface area (Å²) in [4.78, 5) is 18.2. The average Bonchev–Trinajstić information content (AvgIpc) is 2.49. The third kappa shape index (κ3) is 3.18. The van der Waals surface area contributed by atoms with Crippen LogP contribution in [0.5, 0.6) is 0 Å². The molecule has 1 aromatic heterocycles. The van der Waals surface area contributed by atoms with Crippen molar-refractivity contribution in [3.63, 3.8) is 0 Å². The van der Waals surface area contributed by atoms with Gasteiger partial charge in [0.1, 0.15) is 17.9 Å². The van der Waals surface area contributed by atoms with Crippen molar-refractivity contribution in [2.75, 3.05) is 24.1 Å². The number of pyridine rings is 1. The topological polar surface area (TPSA) is 95.0 Å². The van der Waals surface area contributed by atoms with Gasteiger partial charge in [0.05, 0.1) is 5.69 Å². The van der Waals surface area contributed by atoms with E-state index in [2.05, 4.69) is 10.3 Å². The first-order valence-corrected chi connectivity index (χ1v) is 6.84. The molecule has 1 aliphatic rings. The van der Waals surface area contributed by atoms with E-state index in [0.29, 0.717) is 11.5 Å². The zero-order chi connectivity index (χ0) is 14.5. The molecule has 1 amide bonds. The molecule has 0 saturated carbocycles. The molecule has 0 aromatic carbocycles. The first-order valence-electron chi connectivity index (χ1n) is 6.84. The Balaban J connectivity index is 2.02. The molecule has 1 aliphatic heterocycles. The molecule has 0 bridgehead atoms. The van der Waals surface area contributed by atoms with Gasteiger partial charge in [0.2, 0.25) is 5.91 Å². The number of likely N-dealkylation sites (tertiary alicyclic amines) is 1. The number of aromatic nitrogens is 1. The van der Waals surface area contributed by atoms with Gasteiger partial charge in [-0.1, -0.05) is 0 Å². The summed E-state index contributed by atoms with van der Waals surface area (Å²) >= 11 is 0. The lowest BCUT2D eigenvalue weighted by Gasteiger charge is -2.29. The van der Waals surface area contributed by atoms with Crippen molar-refractivity contribution in [2.45, 2.75) is 32.2 Å². The first-order chi connectivity index (χ1) is 9.61. The highest BCUT2D eigenvalue weighted by molar-refractivity contribution is 5.84.